The third-order valence-electron chi connectivity index (χ3n) is 6.61. The van der Waals surface area contributed by atoms with E-state index in [4.69, 9.17) is 16.3 Å². The molecule has 0 saturated carbocycles. The Morgan fingerprint density at radius 3 is 2.53 bits per heavy atom. The van der Waals surface area contributed by atoms with Crippen molar-refractivity contribution in [1.29, 1.82) is 0 Å². The highest BCUT2D eigenvalue weighted by molar-refractivity contribution is 6.30. The summed E-state index contributed by atoms with van der Waals surface area (Å²) in [4.78, 5) is 2.28. The Hall–Kier alpha value is -2.11. The maximum absolute atomic E-state index is 10.9. The van der Waals surface area contributed by atoms with Crippen molar-refractivity contribution in [2.45, 2.75) is 37.1 Å². The Bertz CT molecular complexity index is 1040. The van der Waals surface area contributed by atoms with Crippen LogP contribution in [0.1, 0.15) is 42.6 Å². The Kier molecular flexibility index (Phi) is 5.19. The quantitative estimate of drug-likeness (QED) is 0.630. The number of nitrogens with zero attached hydrogens (tertiary/aromatic N) is 1. The molecule has 2 aliphatic heterocycles. The van der Waals surface area contributed by atoms with Gasteiger partial charge in [0.25, 0.3) is 0 Å². The molecule has 1 saturated heterocycles. The summed E-state index contributed by atoms with van der Waals surface area (Å²) in [6.07, 6.45) is 1.23. The average Bonchev–Trinajstić information content (AvgIpc) is 2.76. The molecule has 4 nitrogen and oxygen atoms in total. The number of hydrogen-bond acceptors (Lipinski definition) is 4. The maximum atomic E-state index is 10.9. The van der Waals surface area contributed by atoms with Crippen molar-refractivity contribution in [2.24, 2.45) is 0 Å². The first-order valence-corrected chi connectivity index (χ1v) is 11.0. The molecule has 0 radical (unpaired) electrons. The van der Waals surface area contributed by atoms with E-state index >= 15 is 0 Å². The van der Waals surface area contributed by atoms with Gasteiger partial charge in [0, 0.05) is 42.0 Å². The number of benzene rings is 3. The normalized spacial score (nSPS) is 21.9. The number of hydrogen-bond donors (Lipinski definition) is 2. The number of halogens is 1. The van der Waals surface area contributed by atoms with Crippen LogP contribution in [0.4, 0.5) is 0 Å². The SMILES string of the molecule is O[C@H](CN1CCC2(CC1)C[C@H](O)c1ccc3ccccc3c1O2)c1ccc(Cl)cc1. The highest BCUT2D eigenvalue weighted by Crippen LogP contribution is 2.47. The van der Waals surface area contributed by atoms with E-state index in [1.165, 1.54) is 0 Å². The molecule has 1 fully saturated rings. The topological polar surface area (TPSA) is 52.9 Å². The number of aliphatic hydroxyl groups is 2. The van der Waals surface area contributed by atoms with Crippen molar-refractivity contribution in [2.75, 3.05) is 19.6 Å². The Morgan fingerprint density at radius 2 is 1.77 bits per heavy atom. The van der Waals surface area contributed by atoms with E-state index in [2.05, 4.69) is 23.1 Å². The van der Waals surface area contributed by atoms with Crippen LogP contribution in [0.25, 0.3) is 10.8 Å². The average molecular weight is 424 g/mol. The summed E-state index contributed by atoms with van der Waals surface area (Å²) in [6, 6.07) is 19.6. The third-order valence-corrected chi connectivity index (χ3v) is 6.86. The first-order valence-electron chi connectivity index (χ1n) is 10.6. The standard InChI is InChI=1S/C25H26ClNO3/c26-19-8-5-18(6-9-19)23(29)16-27-13-11-25(12-14-27)15-22(28)21-10-7-17-3-1-2-4-20(17)24(21)30-25/h1-10,22-23,28-29H,11-16H2/t22-,23+/m0/s1. The van der Waals surface area contributed by atoms with Crippen LogP contribution in [0, 0.1) is 0 Å². The molecular formula is C25H26ClNO3. The molecule has 156 valence electrons. The van der Waals surface area contributed by atoms with Gasteiger partial charge < -0.3 is 19.8 Å². The summed E-state index contributed by atoms with van der Waals surface area (Å²) in [6.45, 7) is 2.24. The second-order valence-corrected chi connectivity index (χ2v) is 9.01. The highest BCUT2D eigenvalue weighted by atomic mass is 35.5. The van der Waals surface area contributed by atoms with Gasteiger partial charge in [-0.15, -0.1) is 0 Å². The van der Waals surface area contributed by atoms with Gasteiger partial charge in [-0.2, -0.15) is 0 Å². The molecule has 3 aromatic rings. The van der Waals surface area contributed by atoms with Crippen molar-refractivity contribution >= 4 is 22.4 Å². The molecule has 2 N–H and O–H groups in total. The molecule has 2 heterocycles. The molecule has 5 heteroatoms. The van der Waals surface area contributed by atoms with Gasteiger partial charge in [-0.1, -0.05) is 60.1 Å². The molecule has 0 amide bonds. The molecule has 0 unspecified atom stereocenters. The summed E-state index contributed by atoms with van der Waals surface area (Å²) in [5.74, 6) is 0.835. The van der Waals surface area contributed by atoms with Crippen LogP contribution in [0.2, 0.25) is 5.02 Å². The molecule has 0 aliphatic carbocycles. The van der Waals surface area contributed by atoms with Crippen molar-refractivity contribution in [3.05, 3.63) is 76.8 Å². The smallest absolute Gasteiger partial charge is 0.133 e. The number of aliphatic hydroxyl groups excluding tert-OH is 2. The number of β-amino-alcohol motifs (C(OH)–C–C–N with tert-alkyl or cyclic N) is 1. The molecule has 1 spiro atoms. The van der Waals surface area contributed by atoms with Crippen LogP contribution in [-0.2, 0) is 0 Å². The second-order valence-electron chi connectivity index (χ2n) is 8.58. The van der Waals surface area contributed by atoms with Crippen LogP contribution >= 0.6 is 11.6 Å². The molecule has 5 rings (SSSR count). The lowest BCUT2D eigenvalue weighted by atomic mass is 9.81. The van der Waals surface area contributed by atoms with Crippen LogP contribution in [0.15, 0.2) is 60.7 Å². The molecule has 2 aliphatic rings. The van der Waals surface area contributed by atoms with E-state index in [0.29, 0.717) is 18.0 Å². The van der Waals surface area contributed by atoms with Gasteiger partial charge in [0.15, 0.2) is 0 Å². The van der Waals surface area contributed by atoms with Gasteiger partial charge in [0.1, 0.15) is 11.4 Å². The lowest BCUT2D eigenvalue weighted by Gasteiger charge is -2.46. The summed E-state index contributed by atoms with van der Waals surface area (Å²) >= 11 is 5.95. The van der Waals surface area contributed by atoms with Gasteiger partial charge in [0.05, 0.1) is 12.2 Å². The summed E-state index contributed by atoms with van der Waals surface area (Å²) in [5, 5.41) is 24.3. The predicted molar refractivity (Wildman–Crippen MR) is 119 cm³/mol. The summed E-state index contributed by atoms with van der Waals surface area (Å²) < 4.78 is 6.63. The molecule has 30 heavy (non-hydrogen) atoms. The fourth-order valence-corrected chi connectivity index (χ4v) is 4.97. The fourth-order valence-electron chi connectivity index (χ4n) is 4.84. The monoisotopic (exact) mass is 423 g/mol. The first-order chi connectivity index (χ1) is 14.5. The number of rotatable bonds is 3. The largest absolute Gasteiger partial charge is 0.486 e. The van der Waals surface area contributed by atoms with Gasteiger partial charge in [0.2, 0.25) is 0 Å². The number of fused-ring (bicyclic) bond motifs is 3. The zero-order valence-electron chi connectivity index (χ0n) is 16.8. The fraction of sp³-hybridized carbons (Fsp3) is 0.360. The first kappa shape index (κ1) is 19.8. The minimum absolute atomic E-state index is 0.349. The lowest BCUT2D eigenvalue weighted by Crippen LogP contribution is -2.51. The number of ether oxygens (including phenoxy) is 1. The molecule has 0 bridgehead atoms. The highest BCUT2D eigenvalue weighted by Gasteiger charge is 2.43. The summed E-state index contributed by atoms with van der Waals surface area (Å²) in [7, 11) is 0. The van der Waals surface area contributed by atoms with E-state index in [0.717, 1.165) is 53.6 Å². The second kappa shape index (κ2) is 7.86. The van der Waals surface area contributed by atoms with Crippen LogP contribution < -0.4 is 4.74 Å². The Morgan fingerprint density at radius 1 is 1.03 bits per heavy atom. The van der Waals surface area contributed by atoms with Crippen molar-refractivity contribution in [1.82, 2.24) is 4.90 Å². The molecule has 2 atom stereocenters. The van der Waals surface area contributed by atoms with Gasteiger partial charge in [-0.05, 0) is 35.9 Å². The Labute approximate surface area is 181 Å². The van der Waals surface area contributed by atoms with E-state index in [-0.39, 0.29) is 5.60 Å². The molecular weight excluding hydrogens is 398 g/mol. The van der Waals surface area contributed by atoms with Crippen molar-refractivity contribution < 1.29 is 14.9 Å². The lowest BCUT2D eigenvalue weighted by molar-refractivity contribution is -0.0577. The van der Waals surface area contributed by atoms with E-state index in [1.54, 1.807) is 0 Å². The number of piperidine rings is 1. The Balaban J connectivity index is 1.30. The molecule has 0 aromatic heterocycles. The van der Waals surface area contributed by atoms with Crippen LogP contribution in [0.3, 0.4) is 0 Å². The number of likely N-dealkylation sites (tertiary alicyclic amines) is 1. The zero-order valence-corrected chi connectivity index (χ0v) is 17.6. The van der Waals surface area contributed by atoms with E-state index < -0.39 is 12.2 Å². The minimum Gasteiger partial charge on any atom is -0.486 e. The van der Waals surface area contributed by atoms with Crippen molar-refractivity contribution in [3.63, 3.8) is 0 Å². The third kappa shape index (κ3) is 3.69. The van der Waals surface area contributed by atoms with Gasteiger partial charge in [-0.3, -0.25) is 0 Å². The molecule has 3 aromatic carbocycles. The van der Waals surface area contributed by atoms with Gasteiger partial charge >= 0.3 is 0 Å². The van der Waals surface area contributed by atoms with Crippen LogP contribution in [-0.4, -0.2) is 40.3 Å². The van der Waals surface area contributed by atoms with Crippen molar-refractivity contribution in [3.8, 4) is 5.75 Å². The van der Waals surface area contributed by atoms with Crippen LogP contribution in [0.5, 0.6) is 5.75 Å². The van der Waals surface area contributed by atoms with E-state index in [9.17, 15) is 10.2 Å². The predicted octanol–water partition coefficient (Wildman–Crippen LogP) is 4.88. The van der Waals surface area contributed by atoms with E-state index in [1.807, 2.05) is 42.5 Å². The van der Waals surface area contributed by atoms with Gasteiger partial charge in [-0.25, -0.2) is 0 Å². The summed E-state index contributed by atoms with van der Waals surface area (Å²) in [5.41, 5.74) is 1.42. The minimum atomic E-state index is -0.543. The zero-order chi connectivity index (χ0) is 20.7. The maximum Gasteiger partial charge on any atom is 0.133 e.